The van der Waals surface area contributed by atoms with Gasteiger partial charge in [0, 0.05) is 6.42 Å². The summed E-state index contributed by atoms with van der Waals surface area (Å²) in [7, 11) is 2.64. The highest BCUT2D eigenvalue weighted by Gasteiger charge is 2.29. The first-order valence-corrected chi connectivity index (χ1v) is 9.34. The van der Waals surface area contributed by atoms with Crippen LogP contribution < -0.4 is 9.47 Å². The second-order valence-electron chi connectivity index (χ2n) is 6.98. The van der Waals surface area contributed by atoms with Crippen molar-refractivity contribution in [2.75, 3.05) is 14.2 Å². The topological polar surface area (TPSA) is 93.1 Å². The Morgan fingerprint density at radius 2 is 1.40 bits per heavy atom. The fourth-order valence-electron chi connectivity index (χ4n) is 3.43. The van der Waals surface area contributed by atoms with Crippen molar-refractivity contribution in [2.24, 2.45) is 11.8 Å². The molecule has 0 heterocycles. The van der Waals surface area contributed by atoms with Crippen molar-refractivity contribution in [1.29, 1.82) is 0 Å². The Balaban J connectivity index is 2.32. The van der Waals surface area contributed by atoms with Gasteiger partial charge in [0.15, 0.2) is 23.1 Å². The van der Waals surface area contributed by atoms with E-state index in [-0.39, 0.29) is 37.2 Å². The van der Waals surface area contributed by atoms with Crippen LogP contribution in [0.3, 0.4) is 0 Å². The molecule has 0 aliphatic rings. The first-order chi connectivity index (χ1) is 14.2. The second kappa shape index (κ2) is 10.6. The predicted molar refractivity (Wildman–Crippen MR) is 105 cm³/mol. The summed E-state index contributed by atoms with van der Waals surface area (Å²) in [6.07, 6.45) is 0.192. The van der Waals surface area contributed by atoms with Gasteiger partial charge in [-0.25, -0.2) is 8.78 Å². The summed E-state index contributed by atoms with van der Waals surface area (Å²) in [4.78, 5) is 23.1. The molecular weight excluding hydrogens is 398 g/mol. The molecule has 2 aromatic rings. The zero-order valence-electron chi connectivity index (χ0n) is 16.7. The average molecular weight is 422 g/mol. The molecule has 30 heavy (non-hydrogen) atoms. The van der Waals surface area contributed by atoms with E-state index in [1.54, 1.807) is 0 Å². The predicted octanol–water partition coefficient (Wildman–Crippen LogP) is 3.95. The highest BCUT2D eigenvalue weighted by Crippen LogP contribution is 2.30. The average Bonchev–Trinajstić information content (AvgIpc) is 2.71. The molecule has 2 atom stereocenters. The van der Waals surface area contributed by atoms with E-state index in [9.17, 15) is 23.5 Å². The van der Waals surface area contributed by atoms with Gasteiger partial charge in [-0.05, 0) is 60.6 Å². The molecule has 2 aromatic carbocycles. The summed E-state index contributed by atoms with van der Waals surface area (Å²) in [5.74, 6) is -4.69. The molecule has 162 valence electrons. The Morgan fingerprint density at radius 3 is 1.83 bits per heavy atom. The van der Waals surface area contributed by atoms with Gasteiger partial charge in [-0.15, -0.1) is 0 Å². The number of carboxylic acid groups (broad SMARTS) is 2. The van der Waals surface area contributed by atoms with Gasteiger partial charge in [-0.2, -0.15) is 0 Å². The Bertz CT molecular complexity index is 899. The smallest absolute Gasteiger partial charge is 0.307 e. The zero-order chi connectivity index (χ0) is 22.3. The van der Waals surface area contributed by atoms with Gasteiger partial charge < -0.3 is 19.7 Å². The molecule has 6 nitrogen and oxygen atoms in total. The molecule has 0 aliphatic carbocycles. The lowest BCUT2D eigenvalue weighted by Gasteiger charge is -2.24. The quantitative estimate of drug-likeness (QED) is 0.570. The minimum absolute atomic E-state index is 0.00185. The molecule has 0 bridgehead atoms. The Kier molecular flexibility index (Phi) is 8.15. The molecule has 0 saturated heterocycles. The van der Waals surface area contributed by atoms with Gasteiger partial charge in [0.1, 0.15) is 0 Å². The lowest BCUT2D eigenvalue weighted by Crippen LogP contribution is -2.28. The van der Waals surface area contributed by atoms with E-state index in [0.29, 0.717) is 11.1 Å². The summed E-state index contributed by atoms with van der Waals surface area (Å²) in [5, 5.41) is 18.9. The van der Waals surface area contributed by atoms with Crippen LogP contribution in [0, 0.1) is 23.5 Å². The third kappa shape index (κ3) is 6.17. The molecular formula is C22H24F2O6. The van der Waals surface area contributed by atoms with Crippen LogP contribution in [-0.2, 0) is 22.4 Å². The fourth-order valence-corrected chi connectivity index (χ4v) is 3.43. The fraction of sp³-hybridized carbons (Fsp3) is 0.364. The molecule has 0 unspecified atom stereocenters. The number of rotatable bonds is 11. The van der Waals surface area contributed by atoms with E-state index < -0.39 is 35.4 Å². The first-order valence-electron chi connectivity index (χ1n) is 9.34. The van der Waals surface area contributed by atoms with Crippen LogP contribution in [0.2, 0.25) is 0 Å². The highest BCUT2D eigenvalue weighted by molar-refractivity contribution is 5.71. The molecule has 0 aromatic heterocycles. The van der Waals surface area contributed by atoms with Crippen molar-refractivity contribution in [1.82, 2.24) is 0 Å². The Morgan fingerprint density at radius 1 is 0.900 bits per heavy atom. The summed E-state index contributed by atoms with van der Waals surface area (Å²) >= 11 is 0. The van der Waals surface area contributed by atoms with Crippen molar-refractivity contribution in [3.63, 3.8) is 0 Å². The molecule has 0 amide bonds. The highest BCUT2D eigenvalue weighted by atomic mass is 19.1. The van der Waals surface area contributed by atoms with Crippen LogP contribution >= 0.6 is 0 Å². The number of hydrogen-bond acceptors (Lipinski definition) is 4. The van der Waals surface area contributed by atoms with E-state index in [4.69, 9.17) is 14.6 Å². The third-order valence-electron chi connectivity index (χ3n) is 5.00. The molecule has 0 saturated carbocycles. The van der Waals surface area contributed by atoms with E-state index in [2.05, 4.69) is 0 Å². The van der Waals surface area contributed by atoms with E-state index in [0.717, 1.165) is 0 Å². The van der Waals surface area contributed by atoms with Crippen LogP contribution in [-0.4, -0.2) is 36.4 Å². The van der Waals surface area contributed by atoms with Crippen LogP contribution in [0.25, 0.3) is 0 Å². The summed E-state index contributed by atoms with van der Waals surface area (Å²) < 4.78 is 37.3. The number of aliphatic carboxylic acids is 2. The van der Waals surface area contributed by atoms with Crippen molar-refractivity contribution in [2.45, 2.75) is 25.7 Å². The molecule has 0 fully saturated rings. The van der Waals surface area contributed by atoms with Crippen molar-refractivity contribution < 1.29 is 38.1 Å². The summed E-state index contributed by atoms with van der Waals surface area (Å²) in [6, 6.07) is 8.32. The van der Waals surface area contributed by atoms with Crippen LogP contribution in [0.15, 0.2) is 36.4 Å². The Labute approximate surface area is 173 Å². The van der Waals surface area contributed by atoms with E-state index in [1.807, 2.05) is 0 Å². The summed E-state index contributed by atoms with van der Waals surface area (Å²) in [6.45, 7) is 0. The minimum atomic E-state index is -1.09. The molecule has 0 aliphatic heterocycles. The van der Waals surface area contributed by atoms with Gasteiger partial charge >= 0.3 is 11.9 Å². The normalized spacial score (nSPS) is 12.8. The number of methoxy groups -OCH3 is 2. The van der Waals surface area contributed by atoms with Gasteiger partial charge in [-0.1, -0.05) is 12.1 Å². The largest absolute Gasteiger partial charge is 0.494 e. The number of hydrogen-bond donors (Lipinski definition) is 2. The molecule has 0 spiro atoms. The maximum absolute atomic E-state index is 13.7. The number of ether oxygens (including phenoxy) is 2. The standard InChI is InChI=1S/C22H24F2O6/c1-29-19-11-13(3-6-17(19)23)9-15(5-8-21(25)26)16(22(27)28)10-14-4-7-18(24)20(12-14)30-2/h3-4,6-7,11-12,15-16H,5,8-10H2,1-2H3,(H,25,26)(H,27,28)/t15-,16-/m0/s1. The van der Waals surface area contributed by atoms with E-state index >= 15 is 0 Å². The molecule has 0 radical (unpaired) electrons. The van der Waals surface area contributed by atoms with Gasteiger partial charge in [0.25, 0.3) is 0 Å². The van der Waals surface area contributed by atoms with Gasteiger partial charge in [0.05, 0.1) is 20.1 Å². The van der Waals surface area contributed by atoms with Crippen molar-refractivity contribution in [3.8, 4) is 11.5 Å². The van der Waals surface area contributed by atoms with Crippen LogP contribution in [0.1, 0.15) is 24.0 Å². The Hall–Kier alpha value is -3.16. The maximum atomic E-state index is 13.7. The lowest BCUT2D eigenvalue weighted by atomic mass is 9.80. The SMILES string of the molecule is COc1cc(C[C@H](CCC(=O)O)[C@H](Cc2ccc(F)c(OC)c2)C(=O)O)ccc1F. The van der Waals surface area contributed by atoms with Crippen LogP contribution in [0.4, 0.5) is 8.78 Å². The molecule has 8 heteroatoms. The second-order valence-corrected chi connectivity index (χ2v) is 6.98. The van der Waals surface area contributed by atoms with Crippen molar-refractivity contribution in [3.05, 3.63) is 59.2 Å². The van der Waals surface area contributed by atoms with Crippen molar-refractivity contribution >= 4 is 11.9 Å². The van der Waals surface area contributed by atoms with Crippen LogP contribution in [0.5, 0.6) is 11.5 Å². The lowest BCUT2D eigenvalue weighted by molar-refractivity contribution is -0.145. The number of halogens is 2. The third-order valence-corrected chi connectivity index (χ3v) is 5.00. The summed E-state index contributed by atoms with van der Waals surface area (Å²) in [5.41, 5.74) is 1.18. The maximum Gasteiger partial charge on any atom is 0.307 e. The molecule has 2 N–H and O–H groups in total. The minimum Gasteiger partial charge on any atom is -0.494 e. The molecule has 2 rings (SSSR count). The zero-order valence-corrected chi connectivity index (χ0v) is 16.7. The monoisotopic (exact) mass is 422 g/mol. The van der Waals surface area contributed by atoms with E-state index in [1.165, 1.54) is 50.6 Å². The number of carboxylic acids is 2. The first kappa shape index (κ1) is 23.1. The van der Waals surface area contributed by atoms with Gasteiger partial charge in [0.2, 0.25) is 0 Å². The number of carbonyl (C=O) groups is 2. The number of benzene rings is 2. The van der Waals surface area contributed by atoms with Gasteiger partial charge in [-0.3, -0.25) is 9.59 Å².